The lowest BCUT2D eigenvalue weighted by Crippen LogP contribution is -2.53. The van der Waals surface area contributed by atoms with E-state index >= 15 is 0 Å². The molecule has 2 aliphatic rings. The number of ether oxygens (including phenoxy) is 3. The van der Waals surface area contributed by atoms with Crippen molar-refractivity contribution in [3.63, 3.8) is 0 Å². The number of hydrogen-bond donors (Lipinski definition) is 1. The van der Waals surface area contributed by atoms with E-state index in [4.69, 9.17) is 14.2 Å². The average molecular weight is 366 g/mol. The van der Waals surface area contributed by atoms with Gasteiger partial charge < -0.3 is 19.3 Å². The van der Waals surface area contributed by atoms with Gasteiger partial charge in [-0.15, -0.1) is 0 Å². The second-order valence-corrected chi connectivity index (χ2v) is 8.31. The lowest BCUT2D eigenvalue weighted by atomic mass is 9.92. The molecule has 146 valence electrons. The summed E-state index contributed by atoms with van der Waals surface area (Å²) in [5.41, 5.74) is -0.694. The van der Waals surface area contributed by atoms with Crippen molar-refractivity contribution in [1.82, 2.24) is 4.90 Å². The number of nitrogens with zero attached hydrogens (tertiary/aromatic N) is 2. The quantitative estimate of drug-likeness (QED) is 0.772. The van der Waals surface area contributed by atoms with Gasteiger partial charge in [-0.3, -0.25) is 4.90 Å². The van der Waals surface area contributed by atoms with E-state index in [2.05, 4.69) is 6.07 Å². The summed E-state index contributed by atoms with van der Waals surface area (Å²) in [5.74, 6) is -0.953. The van der Waals surface area contributed by atoms with Crippen LogP contribution in [0.4, 0.5) is 4.79 Å². The van der Waals surface area contributed by atoms with Crippen LogP contribution < -0.4 is 0 Å². The van der Waals surface area contributed by atoms with Crippen LogP contribution in [-0.2, 0) is 14.2 Å². The van der Waals surface area contributed by atoms with Gasteiger partial charge in [-0.05, 0) is 48.0 Å². The van der Waals surface area contributed by atoms with Crippen molar-refractivity contribution in [3.8, 4) is 6.07 Å². The molecule has 0 bridgehead atoms. The molecular formula is C19H30N2O5. The van der Waals surface area contributed by atoms with Gasteiger partial charge >= 0.3 is 6.09 Å². The van der Waals surface area contributed by atoms with Crippen LogP contribution in [0.5, 0.6) is 0 Å². The predicted octanol–water partition coefficient (Wildman–Crippen LogP) is 2.59. The minimum atomic E-state index is -0.996. The molecule has 1 unspecified atom stereocenters. The topological polar surface area (TPSA) is 92.0 Å². The number of likely N-dealkylation sites (tertiary alicyclic amines) is 1. The van der Waals surface area contributed by atoms with Gasteiger partial charge in [0.05, 0.1) is 18.7 Å². The molecule has 0 aliphatic carbocycles. The first-order chi connectivity index (χ1) is 12.0. The highest BCUT2D eigenvalue weighted by atomic mass is 16.7. The maximum Gasteiger partial charge on any atom is 0.411 e. The summed E-state index contributed by atoms with van der Waals surface area (Å²) in [5, 5.41) is 20.6. The number of aliphatic hydroxyl groups is 1. The highest BCUT2D eigenvalue weighted by Crippen LogP contribution is 2.37. The number of nitriles is 1. The minimum absolute atomic E-state index is 0.167. The Hall–Kier alpha value is -1.62. The van der Waals surface area contributed by atoms with E-state index in [9.17, 15) is 15.2 Å². The van der Waals surface area contributed by atoms with Crippen molar-refractivity contribution >= 4 is 6.09 Å². The number of hydrogen-bond acceptors (Lipinski definition) is 6. The average Bonchev–Trinajstić information content (AvgIpc) is 3.05. The molecule has 5 atom stereocenters. The van der Waals surface area contributed by atoms with Crippen molar-refractivity contribution in [2.24, 2.45) is 5.92 Å². The Bertz CT molecular complexity index is 590. The first-order valence-corrected chi connectivity index (χ1v) is 9.02. The second kappa shape index (κ2) is 7.55. The molecule has 0 aromatic rings. The van der Waals surface area contributed by atoms with Gasteiger partial charge in [-0.1, -0.05) is 12.2 Å². The molecular weight excluding hydrogens is 336 g/mol. The molecule has 2 saturated heterocycles. The number of carbonyl (C=O) groups is 1. The Balaban J connectivity index is 2.31. The number of amides is 1. The highest BCUT2D eigenvalue weighted by molar-refractivity contribution is 5.70. The minimum Gasteiger partial charge on any atom is -0.444 e. The molecule has 0 aromatic carbocycles. The van der Waals surface area contributed by atoms with Crippen molar-refractivity contribution in [2.75, 3.05) is 6.61 Å². The molecule has 2 heterocycles. The first-order valence-electron chi connectivity index (χ1n) is 9.02. The lowest BCUT2D eigenvalue weighted by molar-refractivity contribution is -0.156. The van der Waals surface area contributed by atoms with E-state index in [0.717, 1.165) is 0 Å². The molecule has 0 spiro atoms. The van der Waals surface area contributed by atoms with Gasteiger partial charge in [0.1, 0.15) is 23.9 Å². The van der Waals surface area contributed by atoms with Crippen LogP contribution in [0.15, 0.2) is 12.2 Å². The van der Waals surface area contributed by atoms with Gasteiger partial charge in [0, 0.05) is 5.92 Å². The standard InChI is InChI=1S/C19H30N2O5/c1-7-8-12-9-13(10-20)21(17(23)26-18(2,3)4)15(12)16(22)14-11-24-19(5,6)25-14/h7-8,12-16,22H,9,11H2,1-6H3/t12-,13-,14-,15?,16-/m1/s1. The predicted molar refractivity (Wildman–Crippen MR) is 95.1 cm³/mol. The molecule has 0 saturated carbocycles. The molecule has 0 radical (unpaired) electrons. The smallest absolute Gasteiger partial charge is 0.411 e. The Kier molecular flexibility index (Phi) is 6.01. The maximum atomic E-state index is 12.8. The third-order valence-corrected chi connectivity index (χ3v) is 4.55. The van der Waals surface area contributed by atoms with Crippen molar-refractivity contribution in [2.45, 2.75) is 83.6 Å². The molecule has 7 nitrogen and oxygen atoms in total. The summed E-state index contributed by atoms with van der Waals surface area (Å²) >= 11 is 0. The fourth-order valence-electron chi connectivity index (χ4n) is 3.56. The van der Waals surface area contributed by atoms with E-state index in [0.29, 0.717) is 6.42 Å². The fourth-order valence-corrected chi connectivity index (χ4v) is 3.56. The highest BCUT2D eigenvalue weighted by Gasteiger charge is 2.51. The van der Waals surface area contributed by atoms with Crippen LogP contribution in [0, 0.1) is 17.2 Å². The fraction of sp³-hybridized carbons (Fsp3) is 0.789. The zero-order valence-corrected chi connectivity index (χ0v) is 16.4. The van der Waals surface area contributed by atoms with Crippen molar-refractivity contribution in [3.05, 3.63) is 12.2 Å². The van der Waals surface area contributed by atoms with Crippen LogP contribution in [0.1, 0.15) is 48.0 Å². The molecule has 2 fully saturated rings. The first kappa shape index (κ1) is 20.7. The van der Waals surface area contributed by atoms with Crippen LogP contribution in [0.25, 0.3) is 0 Å². The zero-order chi connectivity index (χ0) is 19.7. The van der Waals surface area contributed by atoms with E-state index in [1.54, 1.807) is 34.6 Å². The largest absolute Gasteiger partial charge is 0.444 e. The number of allylic oxidation sites excluding steroid dienone is 1. The molecule has 26 heavy (non-hydrogen) atoms. The number of carbonyl (C=O) groups excluding carboxylic acids is 1. The number of rotatable bonds is 3. The van der Waals surface area contributed by atoms with Crippen LogP contribution in [0.3, 0.4) is 0 Å². The van der Waals surface area contributed by atoms with Crippen LogP contribution in [-0.4, -0.2) is 58.4 Å². The Morgan fingerprint density at radius 1 is 1.46 bits per heavy atom. The summed E-state index contributed by atoms with van der Waals surface area (Å²) in [7, 11) is 0. The third kappa shape index (κ3) is 4.56. The van der Waals surface area contributed by atoms with Crippen molar-refractivity contribution in [1.29, 1.82) is 5.26 Å². The number of aliphatic hydroxyl groups excluding tert-OH is 1. The molecule has 7 heteroatoms. The molecule has 0 aromatic heterocycles. The van der Waals surface area contributed by atoms with Crippen LogP contribution >= 0.6 is 0 Å². The second-order valence-electron chi connectivity index (χ2n) is 8.31. The van der Waals surface area contributed by atoms with Gasteiger partial charge in [0.25, 0.3) is 0 Å². The summed E-state index contributed by atoms with van der Waals surface area (Å²) in [6.07, 6.45) is 2.06. The third-order valence-electron chi connectivity index (χ3n) is 4.55. The van der Waals surface area contributed by atoms with E-state index in [1.165, 1.54) is 4.90 Å². The normalized spacial score (nSPS) is 32.6. The van der Waals surface area contributed by atoms with Crippen LogP contribution in [0.2, 0.25) is 0 Å². The van der Waals surface area contributed by atoms with Crippen molar-refractivity contribution < 1.29 is 24.1 Å². The molecule has 2 rings (SSSR count). The summed E-state index contributed by atoms with van der Waals surface area (Å²) < 4.78 is 16.8. The lowest BCUT2D eigenvalue weighted by Gasteiger charge is -2.35. The van der Waals surface area contributed by atoms with Gasteiger partial charge in [0.2, 0.25) is 0 Å². The summed E-state index contributed by atoms with van der Waals surface area (Å²) in [6.45, 7) is 11.0. The maximum absolute atomic E-state index is 12.8. The van der Waals surface area contributed by atoms with E-state index < -0.39 is 41.8 Å². The van der Waals surface area contributed by atoms with E-state index in [1.807, 2.05) is 19.1 Å². The monoisotopic (exact) mass is 366 g/mol. The Morgan fingerprint density at radius 2 is 2.12 bits per heavy atom. The Morgan fingerprint density at radius 3 is 2.58 bits per heavy atom. The molecule has 1 amide bonds. The summed E-state index contributed by atoms with van der Waals surface area (Å²) in [4.78, 5) is 14.2. The summed E-state index contributed by atoms with van der Waals surface area (Å²) in [6, 6.07) is 0.886. The van der Waals surface area contributed by atoms with Gasteiger partial charge in [0.15, 0.2) is 5.79 Å². The SMILES string of the molecule is CC=C[C@@H]1C[C@H](C#N)N(C(=O)OC(C)(C)C)C1[C@H](O)[C@H]1COC(C)(C)O1. The van der Waals surface area contributed by atoms with E-state index in [-0.39, 0.29) is 12.5 Å². The molecule has 2 aliphatic heterocycles. The Labute approximate surface area is 155 Å². The van der Waals surface area contributed by atoms with Gasteiger partial charge in [-0.2, -0.15) is 5.26 Å². The van der Waals surface area contributed by atoms with Gasteiger partial charge in [-0.25, -0.2) is 4.79 Å². The molecule has 1 N–H and O–H groups in total. The zero-order valence-electron chi connectivity index (χ0n) is 16.4.